The zero-order chi connectivity index (χ0) is 18.0. The van der Waals surface area contributed by atoms with Crippen LogP contribution in [0.2, 0.25) is 0 Å². The molecule has 0 unspecified atom stereocenters. The first-order valence-corrected chi connectivity index (χ1v) is 10.2. The van der Waals surface area contributed by atoms with Gasteiger partial charge >= 0.3 is 0 Å². The number of carbonyl (C=O) groups excluding carboxylic acids is 1. The molecular weight excluding hydrogens is 350 g/mol. The van der Waals surface area contributed by atoms with Gasteiger partial charge in [0.05, 0.1) is 5.69 Å². The van der Waals surface area contributed by atoms with Crippen LogP contribution in [0.4, 0.5) is 5.82 Å². The summed E-state index contributed by atoms with van der Waals surface area (Å²) in [6.07, 6.45) is 6.25. The van der Waals surface area contributed by atoms with Crippen LogP contribution >= 0.6 is 23.6 Å². The van der Waals surface area contributed by atoms with Gasteiger partial charge in [-0.05, 0) is 49.0 Å². The molecule has 3 N–H and O–H groups in total. The second-order valence-electron chi connectivity index (χ2n) is 6.50. The number of hydrogen-bond acceptors (Lipinski definition) is 4. The van der Waals surface area contributed by atoms with Crippen molar-refractivity contribution in [2.24, 2.45) is 0 Å². The molecule has 134 valence electrons. The second kappa shape index (κ2) is 7.70. The molecule has 1 fully saturated rings. The number of aryl methyl sites for hydroxylation is 2. The average Bonchev–Trinajstić information content (AvgIpc) is 3.22. The molecule has 4 nitrogen and oxygen atoms in total. The number of para-hydroxylation sites is 1. The van der Waals surface area contributed by atoms with Crippen molar-refractivity contribution < 1.29 is 4.79 Å². The number of nitrogen functional groups attached to an aromatic ring is 1. The summed E-state index contributed by atoms with van der Waals surface area (Å²) in [5.41, 5.74) is 9.85. The molecule has 1 amide bonds. The molecule has 1 aliphatic carbocycles. The van der Waals surface area contributed by atoms with Gasteiger partial charge in [0.1, 0.15) is 10.7 Å². The van der Waals surface area contributed by atoms with Crippen molar-refractivity contribution in [3.8, 4) is 5.69 Å². The van der Waals surface area contributed by atoms with Gasteiger partial charge < -0.3 is 11.1 Å². The summed E-state index contributed by atoms with van der Waals surface area (Å²) in [5, 5.41) is 3.12. The Morgan fingerprint density at radius 2 is 1.88 bits per heavy atom. The number of nitrogens with zero attached hydrogens (tertiary/aromatic N) is 1. The highest BCUT2D eigenvalue weighted by Gasteiger charge is 2.24. The number of hydrogen-bond donors (Lipinski definition) is 2. The molecule has 1 heterocycles. The fraction of sp³-hybridized carbons (Fsp3) is 0.474. The Morgan fingerprint density at radius 1 is 1.28 bits per heavy atom. The predicted octanol–water partition coefficient (Wildman–Crippen LogP) is 4.65. The molecule has 0 bridgehead atoms. The Balaban J connectivity index is 2.03. The molecule has 0 aliphatic heterocycles. The monoisotopic (exact) mass is 375 g/mol. The summed E-state index contributed by atoms with van der Waals surface area (Å²) < 4.78 is 2.52. The van der Waals surface area contributed by atoms with Crippen LogP contribution in [0, 0.1) is 3.95 Å². The summed E-state index contributed by atoms with van der Waals surface area (Å²) >= 11 is 6.89. The lowest BCUT2D eigenvalue weighted by atomic mass is 10.0. The van der Waals surface area contributed by atoms with Gasteiger partial charge in [-0.3, -0.25) is 9.36 Å². The SMILES string of the molecule is CCc1cccc(CC)c1-n1c(N)c(C(=O)NC2CCCC2)sc1=S. The quantitative estimate of drug-likeness (QED) is 0.748. The van der Waals surface area contributed by atoms with Crippen molar-refractivity contribution in [1.29, 1.82) is 0 Å². The van der Waals surface area contributed by atoms with E-state index in [0.29, 0.717) is 14.6 Å². The lowest BCUT2D eigenvalue weighted by Crippen LogP contribution is -2.32. The largest absolute Gasteiger partial charge is 0.383 e. The van der Waals surface area contributed by atoms with Gasteiger partial charge in [0.25, 0.3) is 5.91 Å². The van der Waals surface area contributed by atoms with E-state index in [1.807, 2.05) is 4.57 Å². The Bertz CT molecular complexity index is 809. The van der Waals surface area contributed by atoms with Crippen molar-refractivity contribution in [3.05, 3.63) is 38.2 Å². The van der Waals surface area contributed by atoms with Crippen LogP contribution in [-0.4, -0.2) is 16.5 Å². The number of anilines is 1. The summed E-state index contributed by atoms with van der Waals surface area (Å²) in [4.78, 5) is 13.2. The highest BCUT2D eigenvalue weighted by atomic mass is 32.1. The van der Waals surface area contributed by atoms with Crippen LogP contribution in [0.5, 0.6) is 0 Å². The topological polar surface area (TPSA) is 60.0 Å². The minimum atomic E-state index is -0.0914. The first kappa shape index (κ1) is 18.1. The van der Waals surface area contributed by atoms with Gasteiger partial charge in [0.2, 0.25) is 0 Å². The summed E-state index contributed by atoms with van der Waals surface area (Å²) in [6.45, 7) is 4.25. The standard InChI is InChI=1S/C19H25N3OS2/c1-3-12-8-7-9-13(4-2)15(12)22-17(20)16(25-19(22)24)18(23)21-14-10-5-6-11-14/h7-9,14H,3-6,10-11,20H2,1-2H3,(H,21,23). The van der Waals surface area contributed by atoms with Crippen molar-refractivity contribution >= 4 is 35.3 Å². The number of amides is 1. The highest BCUT2D eigenvalue weighted by molar-refractivity contribution is 7.73. The first-order chi connectivity index (χ1) is 12.1. The molecule has 3 rings (SSSR count). The molecule has 1 saturated carbocycles. The third kappa shape index (κ3) is 3.51. The molecule has 1 aromatic heterocycles. The van der Waals surface area contributed by atoms with Gasteiger partial charge in [0.15, 0.2) is 3.95 Å². The van der Waals surface area contributed by atoms with E-state index in [2.05, 4.69) is 37.4 Å². The number of nitrogens with one attached hydrogen (secondary N) is 1. The maximum Gasteiger partial charge on any atom is 0.265 e. The summed E-state index contributed by atoms with van der Waals surface area (Å²) in [5.74, 6) is 0.368. The second-order valence-corrected chi connectivity index (χ2v) is 8.15. The van der Waals surface area contributed by atoms with Crippen molar-refractivity contribution in [2.75, 3.05) is 5.73 Å². The number of aromatic nitrogens is 1. The fourth-order valence-electron chi connectivity index (χ4n) is 3.58. The maximum absolute atomic E-state index is 12.7. The number of benzene rings is 1. The zero-order valence-corrected chi connectivity index (χ0v) is 16.4. The lowest BCUT2D eigenvalue weighted by molar-refractivity contribution is 0.0942. The Labute approximate surface area is 158 Å². The van der Waals surface area contributed by atoms with E-state index in [9.17, 15) is 4.79 Å². The Hall–Kier alpha value is -1.66. The van der Waals surface area contributed by atoms with E-state index >= 15 is 0 Å². The van der Waals surface area contributed by atoms with E-state index < -0.39 is 0 Å². The molecule has 0 atom stereocenters. The van der Waals surface area contributed by atoms with Crippen LogP contribution < -0.4 is 11.1 Å². The highest BCUT2D eigenvalue weighted by Crippen LogP contribution is 2.31. The molecule has 25 heavy (non-hydrogen) atoms. The average molecular weight is 376 g/mol. The molecule has 0 spiro atoms. The number of nitrogens with two attached hydrogens (primary N) is 1. The van der Waals surface area contributed by atoms with Crippen LogP contribution in [0.25, 0.3) is 5.69 Å². The molecule has 6 heteroatoms. The lowest BCUT2D eigenvalue weighted by Gasteiger charge is -2.16. The Morgan fingerprint density at radius 3 is 2.44 bits per heavy atom. The van der Waals surface area contributed by atoms with Crippen molar-refractivity contribution in [2.45, 2.75) is 58.4 Å². The molecule has 2 aromatic rings. The third-order valence-electron chi connectivity index (χ3n) is 4.93. The zero-order valence-electron chi connectivity index (χ0n) is 14.8. The molecule has 1 aliphatic rings. The van der Waals surface area contributed by atoms with Crippen molar-refractivity contribution in [1.82, 2.24) is 9.88 Å². The minimum absolute atomic E-state index is 0.0914. The van der Waals surface area contributed by atoms with Crippen LogP contribution in [0.3, 0.4) is 0 Å². The van der Waals surface area contributed by atoms with Crippen molar-refractivity contribution in [3.63, 3.8) is 0 Å². The van der Waals surface area contributed by atoms with Gasteiger partial charge in [-0.2, -0.15) is 0 Å². The molecule has 0 radical (unpaired) electrons. The predicted molar refractivity (Wildman–Crippen MR) is 107 cm³/mol. The van der Waals surface area contributed by atoms with Crippen LogP contribution in [0.15, 0.2) is 18.2 Å². The van der Waals surface area contributed by atoms with E-state index in [1.165, 1.54) is 35.3 Å². The van der Waals surface area contributed by atoms with Crippen LogP contribution in [0.1, 0.15) is 60.3 Å². The van der Waals surface area contributed by atoms with Crippen LogP contribution in [-0.2, 0) is 12.8 Å². The minimum Gasteiger partial charge on any atom is -0.383 e. The van der Waals surface area contributed by atoms with Gasteiger partial charge in [-0.25, -0.2) is 0 Å². The molecule has 0 saturated heterocycles. The summed E-state index contributed by atoms with van der Waals surface area (Å²) in [6, 6.07) is 6.54. The van der Waals surface area contributed by atoms with Gasteiger partial charge in [0, 0.05) is 6.04 Å². The van der Waals surface area contributed by atoms with E-state index in [1.54, 1.807) is 0 Å². The van der Waals surface area contributed by atoms with Gasteiger partial charge in [-0.1, -0.05) is 56.2 Å². The molecule has 1 aromatic carbocycles. The smallest absolute Gasteiger partial charge is 0.265 e. The van der Waals surface area contributed by atoms with Gasteiger partial charge in [-0.15, -0.1) is 0 Å². The Kier molecular flexibility index (Phi) is 5.59. The van der Waals surface area contributed by atoms with E-state index in [-0.39, 0.29) is 11.9 Å². The number of thiazole rings is 1. The summed E-state index contributed by atoms with van der Waals surface area (Å²) in [7, 11) is 0. The normalized spacial score (nSPS) is 14.8. The fourth-order valence-corrected chi connectivity index (χ4v) is 4.83. The van der Waals surface area contributed by atoms with E-state index in [4.69, 9.17) is 18.0 Å². The third-order valence-corrected chi connectivity index (χ3v) is 6.32. The number of rotatable bonds is 5. The number of carbonyl (C=O) groups is 1. The molecular formula is C19H25N3OS2. The maximum atomic E-state index is 12.7. The first-order valence-electron chi connectivity index (χ1n) is 9.00. The van der Waals surface area contributed by atoms with E-state index in [0.717, 1.165) is 31.4 Å².